The summed E-state index contributed by atoms with van der Waals surface area (Å²) in [5, 5.41) is 23.1. The number of benzene rings is 1. The van der Waals surface area contributed by atoms with Crippen molar-refractivity contribution < 1.29 is 4.74 Å². The molecule has 47 heavy (non-hydrogen) atoms. The normalized spacial score (nSPS) is 12.7. The number of anilines is 1. The summed E-state index contributed by atoms with van der Waals surface area (Å²) in [4.78, 5) is 1.18. The number of azo groups is 1. The Morgan fingerprint density at radius 2 is 1.57 bits per heavy atom. The highest BCUT2D eigenvalue weighted by Crippen LogP contribution is 2.40. The van der Waals surface area contributed by atoms with E-state index in [4.69, 9.17) is 15.6 Å². The number of nitrogen functional groups attached to an aromatic ring is 1. The van der Waals surface area contributed by atoms with Gasteiger partial charge in [-0.05, 0) is 42.7 Å². The van der Waals surface area contributed by atoms with Crippen LogP contribution in [-0.2, 0) is 5.41 Å². The Kier molecular flexibility index (Phi) is 17.6. The highest BCUT2D eigenvalue weighted by atomic mass is 32.2. The molecule has 2 heterocycles. The van der Waals surface area contributed by atoms with Gasteiger partial charge in [-0.25, -0.2) is 4.68 Å². The monoisotopic (exact) mass is 701 g/mol. The standard InChI is InChI=1S/C36H59N7OS3/c1-8-11-13-14-15-16-17-18-19-20-24-45-28-22-23-29(30(25-28)44-7)43-33(37)31(32(42-43)36(4,5)6)38-39-34-40-41-35(47-34)46-26-27(10-3)21-12-9-2/h22-23,25,27H,8-21,24,26,37H2,1-7H3. The fourth-order valence-electron chi connectivity index (χ4n) is 5.39. The van der Waals surface area contributed by atoms with Crippen LogP contribution >= 0.6 is 34.9 Å². The summed E-state index contributed by atoms with van der Waals surface area (Å²) in [6.45, 7) is 13.1. The van der Waals surface area contributed by atoms with Crippen molar-refractivity contribution in [2.45, 2.75) is 146 Å². The molecule has 3 rings (SSSR count). The lowest BCUT2D eigenvalue weighted by Crippen LogP contribution is -2.13. The van der Waals surface area contributed by atoms with E-state index in [9.17, 15) is 0 Å². The van der Waals surface area contributed by atoms with Gasteiger partial charge < -0.3 is 10.5 Å². The average Bonchev–Trinajstić information content (AvgIpc) is 3.66. The van der Waals surface area contributed by atoms with Crippen LogP contribution in [0.15, 0.2) is 37.7 Å². The number of ether oxygens (including phenoxy) is 1. The molecule has 1 unspecified atom stereocenters. The molecule has 0 amide bonds. The molecule has 0 aliphatic carbocycles. The second kappa shape index (κ2) is 21.1. The number of hydrogen-bond acceptors (Lipinski definition) is 10. The van der Waals surface area contributed by atoms with E-state index in [1.165, 1.54) is 106 Å². The maximum absolute atomic E-state index is 6.73. The summed E-state index contributed by atoms with van der Waals surface area (Å²) >= 11 is 5.10. The fraction of sp³-hybridized carbons (Fsp3) is 0.694. The van der Waals surface area contributed by atoms with Gasteiger partial charge in [0.15, 0.2) is 15.8 Å². The second-order valence-electron chi connectivity index (χ2n) is 13.4. The topological polar surface area (TPSA) is 104 Å². The first-order valence-corrected chi connectivity index (χ1v) is 20.6. The third-order valence-corrected chi connectivity index (χ3v) is 11.6. The molecule has 0 saturated carbocycles. The molecule has 3 aromatic rings. The molecule has 1 atom stereocenters. The van der Waals surface area contributed by atoms with Gasteiger partial charge in [-0.3, -0.25) is 0 Å². The molecule has 1 aromatic carbocycles. The number of methoxy groups -OCH3 is 1. The van der Waals surface area contributed by atoms with Crippen molar-refractivity contribution in [2.75, 3.05) is 24.3 Å². The zero-order valence-corrected chi connectivity index (χ0v) is 32.5. The van der Waals surface area contributed by atoms with Crippen LogP contribution in [-0.4, -0.2) is 38.6 Å². The van der Waals surface area contributed by atoms with Crippen LogP contribution in [0.2, 0.25) is 0 Å². The lowest BCUT2D eigenvalue weighted by molar-refractivity contribution is 0.410. The van der Waals surface area contributed by atoms with Gasteiger partial charge in [-0.15, -0.1) is 32.2 Å². The van der Waals surface area contributed by atoms with E-state index in [0.717, 1.165) is 33.0 Å². The van der Waals surface area contributed by atoms with Gasteiger partial charge in [0.05, 0.1) is 12.8 Å². The largest absolute Gasteiger partial charge is 0.494 e. The summed E-state index contributed by atoms with van der Waals surface area (Å²) in [6.07, 6.45) is 18.5. The van der Waals surface area contributed by atoms with Crippen LogP contribution < -0.4 is 10.5 Å². The SMILES string of the molecule is CCCCCCCCCCCCSc1ccc(-n2nc(C(C)(C)C)c(N=Nc3nnc(SCC(CC)CCCC)s3)c2N)c(OC)c1. The lowest BCUT2D eigenvalue weighted by Gasteiger charge is -2.15. The molecule has 0 radical (unpaired) electrons. The number of nitrogens with two attached hydrogens (primary N) is 1. The Bertz CT molecular complexity index is 1350. The van der Waals surface area contributed by atoms with Crippen molar-refractivity contribution in [2.24, 2.45) is 16.1 Å². The minimum atomic E-state index is -0.304. The zero-order valence-electron chi connectivity index (χ0n) is 30.0. The van der Waals surface area contributed by atoms with E-state index in [1.807, 2.05) is 17.8 Å². The van der Waals surface area contributed by atoms with Crippen molar-refractivity contribution in [3.8, 4) is 11.4 Å². The van der Waals surface area contributed by atoms with Gasteiger partial charge in [-0.2, -0.15) is 5.10 Å². The molecule has 2 aromatic heterocycles. The number of thioether (sulfide) groups is 2. The van der Waals surface area contributed by atoms with Crippen molar-refractivity contribution in [3.05, 3.63) is 23.9 Å². The maximum atomic E-state index is 6.73. The first-order valence-electron chi connectivity index (χ1n) is 17.8. The van der Waals surface area contributed by atoms with Crippen molar-refractivity contribution in [1.29, 1.82) is 0 Å². The van der Waals surface area contributed by atoms with Crippen molar-refractivity contribution >= 4 is 51.5 Å². The van der Waals surface area contributed by atoms with Crippen LogP contribution in [0.25, 0.3) is 5.69 Å². The van der Waals surface area contributed by atoms with E-state index < -0.39 is 0 Å². The third-order valence-electron chi connectivity index (χ3n) is 8.37. The van der Waals surface area contributed by atoms with Crippen molar-refractivity contribution in [1.82, 2.24) is 20.0 Å². The summed E-state index contributed by atoms with van der Waals surface area (Å²) in [5.41, 5.74) is 8.52. The van der Waals surface area contributed by atoms with Gasteiger partial charge in [0.1, 0.15) is 11.4 Å². The Morgan fingerprint density at radius 1 is 0.894 bits per heavy atom. The first kappa shape index (κ1) is 39.3. The number of nitrogens with zero attached hydrogens (tertiary/aromatic N) is 6. The van der Waals surface area contributed by atoms with E-state index in [2.05, 4.69) is 74.1 Å². The van der Waals surface area contributed by atoms with Crippen molar-refractivity contribution in [3.63, 3.8) is 0 Å². The quantitative estimate of drug-likeness (QED) is 0.0596. The highest BCUT2D eigenvalue weighted by Gasteiger charge is 2.28. The third kappa shape index (κ3) is 13.0. The predicted octanol–water partition coefficient (Wildman–Crippen LogP) is 12.3. The molecule has 262 valence electrons. The number of rotatable bonds is 23. The Morgan fingerprint density at radius 3 is 2.21 bits per heavy atom. The summed E-state index contributed by atoms with van der Waals surface area (Å²) in [6, 6.07) is 6.25. The van der Waals surface area contributed by atoms with Gasteiger partial charge in [0.2, 0.25) is 0 Å². The average molecular weight is 702 g/mol. The first-order chi connectivity index (χ1) is 22.7. The Balaban J connectivity index is 1.64. The fourth-order valence-corrected chi connectivity index (χ4v) is 8.28. The summed E-state index contributed by atoms with van der Waals surface area (Å²) in [5.74, 6) is 4.00. The molecule has 8 nitrogen and oxygen atoms in total. The second-order valence-corrected chi connectivity index (χ2v) is 16.8. The summed E-state index contributed by atoms with van der Waals surface area (Å²) in [7, 11) is 1.69. The highest BCUT2D eigenvalue weighted by molar-refractivity contribution is 8.01. The van der Waals surface area contributed by atoms with Gasteiger partial charge >= 0.3 is 0 Å². The van der Waals surface area contributed by atoms with E-state index in [0.29, 0.717) is 22.6 Å². The minimum Gasteiger partial charge on any atom is -0.494 e. The van der Waals surface area contributed by atoms with Crippen LogP contribution in [0.1, 0.15) is 137 Å². The van der Waals surface area contributed by atoms with E-state index in [1.54, 1.807) is 23.6 Å². The predicted molar refractivity (Wildman–Crippen MR) is 204 cm³/mol. The molecular formula is C36H59N7OS3. The van der Waals surface area contributed by atoms with Gasteiger partial charge in [0.25, 0.3) is 5.13 Å². The van der Waals surface area contributed by atoms with E-state index >= 15 is 0 Å². The lowest BCUT2D eigenvalue weighted by atomic mass is 9.91. The van der Waals surface area contributed by atoms with Gasteiger partial charge in [-0.1, -0.05) is 142 Å². The molecule has 0 aliphatic heterocycles. The number of unbranched alkanes of at least 4 members (excludes halogenated alkanes) is 10. The van der Waals surface area contributed by atoms with Gasteiger partial charge in [0, 0.05) is 16.1 Å². The maximum Gasteiger partial charge on any atom is 0.252 e. The molecule has 0 aliphatic rings. The smallest absolute Gasteiger partial charge is 0.252 e. The van der Waals surface area contributed by atoms with Crippen LogP contribution in [0.5, 0.6) is 5.75 Å². The van der Waals surface area contributed by atoms with E-state index in [-0.39, 0.29) is 5.41 Å². The summed E-state index contributed by atoms with van der Waals surface area (Å²) < 4.78 is 8.49. The molecule has 0 bridgehead atoms. The molecule has 11 heteroatoms. The Hall–Kier alpha value is -2.11. The molecule has 2 N–H and O–H groups in total. The molecule has 0 saturated heterocycles. The minimum absolute atomic E-state index is 0.304. The molecular weight excluding hydrogens is 643 g/mol. The molecule has 0 spiro atoms. The molecule has 0 fully saturated rings. The Labute approximate surface area is 296 Å². The van der Waals surface area contributed by atoms with Crippen LogP contribution in [0.3, 0.4) is 0 Å². The van der Waals surface area contributed by atoms with Crippen LogP contribution in [0.4, 0.5) is 16.6 Å². The zero-order chi connectivity index (χ0) is 34.1. The number of hydrogen-bond donors (Lipinski definition) is 1. The van der Waals surface area contributed by atoms with Crippen LogP contribution in [0, 0.1) is 5.92 Å². The number of aromatic nitrogens is 4.